The number of aromatic nitrogens is 4. The SMILES string of the molecule is C=C(C)N1CCC(C)C1.C=C(C1CCCCC1)N(CC12CCC(c3cnc(CC)c(C)c3)(CC1)CC2)c1cc(-c2cnn(C(C)C)c2)ccn1. The van der Waals surface area contributed by atoms with E-state index in [0.29, 0.717) is 22.8 Å². The minimum Gasteiger partial charge on any atom is -0.375 e. The van der Waals surface area contributed by atoms with E-state index in [1.165, 1.54) is 124 Å². The second-order valence-corrected chi connectivity index (χ2v) is 16.8. The van der Waals surface area contributed by atoms with Crippen molar-refractivity contribution >= 4 is 5.82 Å². The van der Waals surface area contributed by atoms with Crippen molar-refractivity contribution < 1.29 is 0 Å². The largest absolute Gasteiger partial charge is 0.375 e. The van der Waals surface area contributed by atoms with Crippen LogP contribution < -0.4 is 4.90 Å². The molecule has 8 rings (SSSR count). The molecule has 0 radical (unpaired) electrons. The predicted octanol–water partition coefficient (Wildman–Crippen LogP) is 10.8. The Kier molecular flexibility index (Phi) is 11.2. The highest BCUT2D eigenvalue weighted by molar-refractivity contribution is 5.66. The molecule has 0 spiro atoms. The monoisotopic (exact) mass is 677 g/mol. The Bertz CT molecular complexity index is 1600. The van der Waals surface area contributed by atoms with E-state index < -0.39 is 0 Å². The lowest BCUT2D eigenvalue weighted by atomic mass is 9.52. The molecule has 6 nitrogen and oxygen atoms in total. The summed E-state index contributed by atoms with van der Waals surface area (Å²) in [6.45, 7) is 25.3. The fraction of sp³-hybridized carbons (Fsp3) is 0.614. The van der Waals surface area contributed by atoms with Gasteiger partial charge in [-0.05, 0) is 143 Å². The number of anilines is 1. The molecule has 0 amide bonds. The van der Waals surface area contributed by atoms with Crippen LogP contribution in [0.4, 0.5) is 5.82 Å². The van der Waals surface area contributed by atoms with E-state index in [-0.39, 0.29) is 0 Å². The summed E-state index contributed by atoms with van der Waals surface area (Å²) < 4.78 is 2.04. The molecule has 0 aromatic carbocycles. The Morgan fingerprint density at radius 2 is 1.68 bits per heavy atom. The Labute approximate surface area is 303 Å². The van der Waals surface area contributed by atoms with Crippen LogP contribution >= 0.6 is 0 Å². The normalized spacial score (nSPS) is 25.0. The highest BCUT2D eigenvalue weighted by Gasteiger charge is 2.50. The maximum atomic E-state index is 4.98. The van der Waals surface area contributed by atoms with E-state index in [1.807, 2.05) is 17.1 Å². The van der Waals surface area contributed by atoms with E-state index in [1.54, 1.807) is 0 Å². The molecule has 50 heavy (non-hydrogen) atoms. The van der Waals surface area contributed by atoms with Crippen molar-refractivity contribution in [2.75, 3.05) is 24.5 Å². The van der Waals surface area contributed by atoms with Gasteiger partial charge in [0.25, 0.3) is 0 Å². The topological polar surface area (TPSA) is 50.1 Å². The summed E-state index contributed by atoms with van der Waals surface area (Å²) in [5, 5.41) is 4.61. The van der Waals surface area contributed by atoms with Crippen LogP contribution in [-0.2, 0) is 11.8 Å². The first-order valence-corrected chi connectivity index (χ1v) is 19.8. The first kappa shape index (κ1) is 36.4. The van der Waals surface area contributed by atoms with Gasteiger partial charge in [0.1, 0.15) is 5.82 Å². The zero-order valence-corrected chi connectivity index (χ0v) is 32.2. The fourth-order valence-corrected chi connectivity index (χ4v) is 9.31. The lowest BCUT2D eigenvalue weighted by molar-refractivity contribution is 0.0457. The molecule has 270 valence electrons. The maximum Gasteiger partial charge on any atom is 0.133 e. The molecule has 5 aliphatic rings. The van der Waals surface area contributed by atoms with Gasteiger partial charge < -0.3 is 9.80 Å². The number of hydrogen-bond donors (Lipinski definition) is 0. The number of allylic oxidation sites excluding steroid dienone is 2. The van der Waals surface area contributed by atoms with Crippen molar-refractivity contribution in [1.82, 2.24) is 24.6 Å². The summed E-state index contributed by atoms with van der Waals surface area (Å²) in [6, 6.07) is 7.21. The predicted molar refractivity (Wildman–Crippen MR) is 209 cm³/mol. The molecule has 3 aromatic rings. The Hall–Kier alpha value is -3.41. The van der Waals surface area contributed by atoms with Gasteiger partial charge in [0.2, 0.25) is 0 Å². The van der Waals surface area contributed by atoms with Gasteiger partial charge in [-0.25, -0.2) is 4.98 Å². The standard InChI is InChI=1S/C36H49N5.C8H15N/c1-6-33-27(4)20-32(23-38-33)36-16-13-35(14-17-36,15-18-36)25-40(28(5)29-10-8-7-9-11-29)34-21-30(12-19-37-34)31-22-39-41(24-31)26(2)3;1-7(2)9-5-4-8(3)6-9/h12,19-24,26,29H,5-11,13-18,25H2,1-4H3;8H,1,4-6H2,2-3H3. The number of nitrogens with zero attached hydrogens (tertiary/aromatic N) is 6. The summed E-state index contributed by atoms with van der Waals surface area (Å²) in [5.74, 6) is 2.50. The van der Waals surface area contributed by atoms with E-state index in [9.17, 15) is 0 Å². The van der Waals surface area contributed by atoms with Crippen LogP contribution in [0.15, 0.2) is 67.5 Å². The number of aryl methyl sites for hydroxylation is 2. The molecular formula is C44H64N6. The summed E-state index contributed by atoms with van der Waals surface area (Å²) in [6.07, 6.45) is 24.8. The molecular weight excluding hydrogens is 613 g/mol. The number of rotatable bonds is 10. The first-order chi connectivity index (χ1) is 24.0. The van der Waals surface area contributed by atoms with Gasteiger partial charge in [0.15, 0.2) is 0 Å². The quantitative estimate of drug-likeness (QED) is 0.214. The van der Waals surface area contributed by atoms with Gasteiger partial charge in [-0.1, -0.05) is 52.3 Å². The molecule has 1 unspecified atom stereocenters. The fourth-order valence-electron chi connectivity index (χ4n) is 9.31. The Balaban J connectivity index is 0.000000419. The molecule has 1 saturated heterocycles. The van der Waals surface area contributed by atoms with Crippen LogP contribution in [0.25, 0.3) is 11.1 Å². The van der Waals surface area contributed by atoms with E-state index in [2.05, 4.69) is 93.6 Å². The summed E-state index contributed by atoms with van der Waals surface area (Å²) in [7, 11) is 0. The molecule has 3 aromatic heterocycles. The van der Waals surface area contributed by atoms with Gasteiger partial charge in [0, 0.05) is 66.9 Å². The second kappa shape index (κ2) is 15.5. The lowest BCUT2D eigenvalue weighted by Crippen LogP contribution is -2.50. The smallest absolute Gasteiger partial charge is 0.133 e. The van der Waals surface area contributed by atoms with Gasteiger partial charge in [-0.15, -0.1) is 0 Å². The molecule has 0 N–H and O–H groups in total. The summed E-state index contributed by atoms with van der Waals surface area (Å²) in [4.78, 5) is 14.8. The summed E-state index contributed by atoms with van der Waals surface area (Å²) in [5.41, 5.74) is 9.58. The highest BCUT2D eigenvalue weighted by Crippen LogP contribution is 2.58. The zero-order valence-electron chi connectivity index (χ0n) is 32.2. The van der Waals surface area contributed by atoms with Crippen molar-refractivity contribution in [1.29, 1.82) is 0 Å². The van der Waals surface area contributed by atoms with Crippen molar-refractivity contribution in [3.05, 3.63) is 84.4 Å². The lowest BCUT2D eigenvalue weighted by Gasteiger charge is -2.55. The third kappa shape index (κ3) is 7.90. The maximum absolute atomic E-state index is 4.98. The number of hydrogen-bond acceptors (Lipinski definition) is 5. The van der Waals surface area contributed by atoms with Crippen LogP contribution in [0.3, 0.4) is 0 Å². The number of likely N-dealkylation sites (tertiary alicyclic amines) is 1. The average Bonchev–Trinajstić information content (AvgIpc) is 3.82. The van der Waals surface area contributed by atoms with Crippen LogP contribution in [0.2, 0.25) is 0 Å². The Morgan fingerprint density at radius 1 is 0.960 bits per heavy atom. The van der Waals surface area contributed by atoms with E-state index >= 15 is 0 Å². The van der Waals surface area contributed by atoms with Gasteiger partial charge in [-0.2, -0.15) is 5.10 Å². The third-order valence-corrected chi connectivity index (χ3v) is 12.9. The van der Waals surface area contributed by atoms with E-state index in [0.717, 1.165) is 30.3 Å². The van der Waals surface area contributed by atoms with Crippen LogP contribution in [0.1, 0.15) is 135 Å². The van der Waals surface area contributed by atoms with Crippen LogP contribution in [-0.4, -0.2) is 44.3 Å². The molecule has 2 bridgehead atoms. The third-order valence-electron chi connectivity index (χ3n) is 12.9. The van der Waals surface area contributed by atoms with Crippen molar-refractivity contribution in [2.24, 2.45) is 17.3 Å². The zero-order chi connectivity index (χ0) is 35.5. The number of pyridine rings is 2. The van der Waals surface area contributed by atoms with Gasteiger partial charge in [0.05, 0.1) is 6.20 Å². The minimum atomic E-state index is 0.311. The average molecular weight is 677 g/mol. The molecule has 4 heterocycles. The van der Waals surface area contributed by atoms with Gasteiger partial charge >= 0.3 is 0 Å². The molecule has 6 heteroatoms. The first-order valence-electron chi connectivity index (χ1n) is 19.8. The molecule has 4 saturated carbocycles. The highest BCUT2D eigenvalue weighted by atomic mass is 15.3. The molecule has 1 aliphatic heterocycles. The number of fused-ring (bicyclic) bond motifs is 3. The van der Waals surface area contributed by atoms with Crippen molar-refractivity contribution in [3.8, 4) is 11.1 Å². The van der Waals surface area contributed by atoms with Gasteiger partial charge in [-0.3, -0.25) is 9.67 Å². The molecule has 1 atom stereocenters. The second-order valence-electron chi connectivity index (χ2n) is 16.8. The molecule has 5 fully saturated rings. The van der Waals surface area contributed by atoms with E-state index in [4.69, 9.17) is 16.5 Å². The summed E-state index contributed by atoms with van der Waals surface area (Å²) >= 11 is 0. The van der Waals surface area contributed by atoms with Crippen LogP contribution in [0, 0.1) is 24.2 Å². The van der Waals surface area contributed by atoms with Crippen molar-refractivity contribution in [2.45, 2.75) is 136 Å². The molecule has 4 aliphatic carbocycles. The Morgan fingerprint density at radius 3 is 2.24 bits per heavy atom. The van der Waals surface area contributed by atoms with Crippen molar-refractivity contribution in [3.63, 3.8) is 0 Å². The van der Waals surface area contributed by atoms with Crippen LogP contribution in [0.5, 0.6) is 0 Å². The minimum absolute atomic E-state index is 0.311.